The molecule has 2 N–H and O–H groups in total. The van der Waals surface area contributed by atoms with Crippen molar-refractivity contribution in [1.29, 1.82) is 0 Å². The predicted molar refractivity (Wildman–Crippen MR) is 58.5 cm³/mol. The van der Waals surface area contributed by atoms with Gasteiger partial charge in [-0.1, -0.05) is 0 Å². The van der Waals surface area contributed by atoms with Crippen LogP contribution in [0.15, 0.2) is 18.5 Å². The van der Waals surface area contributed by atoms with Gasteiger partial charge in [0.25, 0.3) is 0 Å². The van der Waals surface area contributed by atoms with E-state index in [1.807, 2.05) is 12.4 Å². The van der Waals surface area contributed by atoms with Crippen molar-refractivity contribution in [2.75, 3.05) is 44.8 Å². The van der Waals surface area contributed by atoms with Crippen molar-refractivity contribution in [3.05, 3.63) is 18.5 Å². The summed E-state index contributed by atoms with van der Waals surface area (Å²) in [7, 11) is 2.13. The molecule has 78 valence electrons. The van der Waals surface area contributed by atoms with Crippen molar-refractivity contribution in [1.82, 2.24) is 15.2 Å². The average molecular weight is 194 g/mol. The van der Waals surface area contributed by atoms with Crippen LogP contribution in [0.4, 0.5) is 5.69 Å². The van der Waals surface area contributed by atoms with Gasteiger partial charge in [0.2, 0.25) is 0 Å². The van der Waals surface area contributed by atoms with Gasteiger partial charge in [0.15, 0.2) is 0 Å². The van der Waals surface area contributed by atoms with Crippen molar-refractivity contribution in [2.45, 2.75) is 0 Å². The zero-order valence-corrected chi connectivity index (χ0v) is 8.66. The Labute approximate surface area is 84.9 Å². The highest BCUT2D eigenvalue weighted by Gasteiger charge is 2.11. The van der Waals surface area contributed by atoms with E-state index in [0.29, 0.717) is 0 Å². The maximum atomic E-state index is 3.36. The first-order chi connectivity index (χ1) is 6.86. The summed E-state index contributed by atoms with van der Waals surface area (Å²) in [5.41, 5.74) is 1.25. The molecule has 1 aromatic rings. The topological polar surface area (TPSA) is 34.3 Å². The first-order valence-corrected chi connectivity index (χ1v) is 5.13. The third kappa shape index (κ3) is 2.27. The van der Waals surface area contributed by atoms with E-state index in [-0.39, 0.29) is 0 Å². The number of H-pyrrole nitrogens is 1. The van der Waals surface area contributed by atoms with E-state index >= 15 is 0 Å². The number of hydrogen-bond acceptors (Lipinski definition) is 3. The summed E-state index contributed by atoms with van der Waals surface area (Å²) >= 11 is 0. The van der Waals surface area contributed by atoms with Crippen molar-refractivity contribution >= 4 is 5.69 Å². The highest BCUT2D eigenvalue weighted by atomic mass is 15.3. The quantitative estimate of drug-likeness (QED) is 0.727. The number of rotatable bonds is 3. The summed E-state index contributed by atoms with van der Waals surface area (Å²) in [5, 5.41) is 3.36. The molecule has 2 rings (SSSR count). The van der Waals surface area contributed by atoms with Gasteiger partial charge in [0.1, 0.15) is 0 Å². The van der Waals surface area contributed by atoms with Crippen LogP contribution < -0.4 is 10.2 Å². The summed E-state index contributed by atoms with van der Waals surface area (Å²) in [4.78, 5) is 7.80. The maximum absolute atomic E-state index is 3.36. The first-order valence-electron chi connectivity index (χ1n) is 5.13. The largest absolute Gasteiger partial charge is 0.366 e. The molecule has 0 aliphatic carbocycles. The molecule has 4 heteroatoms. The van der Waals surface area contributed by atoms with Gasteiger partial charge in [0, 0.05) is 45.6 Å². The lowest BCUT2D eigenvalue weighted by Gasteiger charge is -2.31. The number of anilines is 1. The van der Waals surface area contributed by atoms with Crippen LogP contribution in [0.25, 0.3) is 0 Å². The van der Waals surface area contributed by atoms with E-state index in [0.717, 1.165) is 32.8 Å². The van der Waals surface area contributed by atoms with Gasteiger partial charge in [0.05, 0.1) is 12.4 Å². The van der Waals surface area contributed by atoms with Gasteiger partial charge < -0.3 is 15.2 Å². The minimum Gasteiger partial charge on any atom is -0.366 e. The van der Waals surface area contributed by atoms with Crippen molar-refractivity contribution in [3.8, 4) is 0 Å². The van der Waals surface area contributed by atoms with E-state index in [1.54, 1.807) is 0 Å². The fraction of sp³-hybridized carbons (Fsp3) is 0.600. The van der Waals surface area contributed by atoms with Crippen molar-refractivity contribution < 1.29 is 0 Å². The highest BCUT2D eigenvalue weighted by molar-refractivity contribution is 5.42. The SMILES string of the molecule is CN(CN1CCNCC1)c1cc[nH]c1. The lowest BCUT2D eigenvalue weighted by molar-refractivity contribution is 0.243. The van der Waals surface area contributed by atoms with Crippen LogP contribution in [-0.4, -0.2) is 49.8 Å². The van der Waals surface area contributed by atoms with Crippen molar-refractivity contribution in [2.24, 2.45) is 0 Å². The van der Waals surface area contributed by atoms with Crippen LogP contribution in [0.5, 0.6) is 0 Å². The Kier molecular flexibility index (Phi) is 3.06. The number of aromatic amines is 1. The number of nitrogens with zero attached hydrogens (tertiary/aromatic N) is 2. The van der Waals surface area contributed by atoms with E-state index < -0.39 is 0 Å². The Morgan fingerprint density at radius 2 is 2.21 bits per heavy atom. The third-order valence-corrected chi connectivity index (χ3v) is 2.64. The molecular formula is C10H18N4. The van der Waals surface area contributed by atoms with Crippen molar-refractivity contribution in [3.63, 3.8) is 0 Å². The molecule has 1 saturated heterocycles. The molecule has 0 spiro atoms. The molecule has 2 heterocycles. The molecule has 0 bridgehead atoms. The minimum atomic E-state index is 1.01. The fourth-order valence-electron chi connectivity index (χ4n) is 1.79. The summed E-state index contributed by atoms with van der Waals surface area (Å²) in [5.74, 6) is 0. The van der Waals surface area contributed by atoms with Gasteiger partial charge in [-0.25, -0.2) is 0 Å². The Balaban J connectivity index is 1.84. The second-order valence-corrected chi connectivity index (χ2v) is 3.78. The van der Waals surface area contributed by atoms with Gasteiger partial charge in [-0.3, -0.25) is 4.90 Å². The zero-order valence-electron chi connectivity index (χ0n) is 8.66. The smallest absolute Gasteiger partial charge is 0.0705 e. The first kappa shape index (κ1) is 9.55. The van der Waals surface area contributed by atoms with E-state index in [9.17, 15) is 0 Å². The van der Waals surface area contributed by atoms with E-state index in [1.165, 1.54) is 5.69 Å². The molecule has 1 aliphatic rings. The molecule has 0 aromatic carbocycles. The number of piperazine rings is 1. The molecule has 0 atom stereocenters. The zero-order chi connectivity index (χ0) is 9.80. The highest BCUT2D eigenvalue weighted by Crippen LogP contribution is 2.10. The standard InChI is InChI=1S/C10H18N4/c1-13(10-2-3-12-8-10)9-14-6-4-11-5-7-14/h2-3,8,11-12H,4-7,9H2,1H3. The lowest BCUT2D eigenvalue weighted by atomic mass is 10.4. The maximum Gasteiger partial charge on any atom is 0.0705 e. The Bertz CT molecular complexity index is 251. The summed E-state index contributed by atoms with van der Waals surface area (Å²) < 4.78 is 0. The molecule has 0 saturated carbocycles. The Hall–Kier alpha value is -1.00. The molecule has 0 amide bonds. The molecule has 0 radical (unpaired) electrons. The van der Waals surface area contributed by atoms with Crippen LogP contribution in [0, 0.1) is 0 Å². The number of aromatic nitrogens is 1. The van der Waals surface area contributed by atoms with Crippen LogP contribution >= 0.6 is 0 Å². The molecule has 0 unspecified atom stereocenters. The lowest BCUT2D eigenvalue weighted by Crippen LogP contribution is -2.47. The number of hydrogen-bond donors (Lipinski definition) is 2. The van der Waals surface area contributed by atoms with Gasteiger partial charge in [-0.2, -0.15) is 0 Å². The van der Waals surface area contributed by atoms with Gasteiger partial charge in [-0.15, -0.1) is 0 Å². The minimum absolute atomic E-state index is 1.01. The Morgan fingerprint density at radius 1 is 1.43 bits per heavy atom. The Morgan fingerprint density at radius 3 is 2.86 bits per heavy atom. The average Bonchev–Trinajstić information content (AvgIpc) is 2.72. The van der Waals surface area contributed by atoms with Crippen LogP contribution in [0.3, 0.4) is 0 Å². The normalized spacial score (nSPS) is 18.4. The molecule has 1 fully saturated rings. The van der Waals surface area contributed by atoms with E-state index in [4.69, 9.17) is 0 Å². The molecule has 1 aliphatic heterocycles. The van der Waals surface area contributed by atoms with Gasteiger partial charge in [-0.05, 0) is 6.07 Å². The van der Waals surface area contributed by atoms with Crippen LogP contribution in [0.1, 0.15) is 0 Å². The summed E-state index contributed by atoms with van der Waals surface area (Å²) in [6.07, 6.45) is 3.99. The second-order valence-electron chi connectivity index (χ2n) is 3.78. The summed E-state index contributed by atoms with van der Waals surface area (Å²) in [6.45, 7) is 5.53. The molecular weight excluding hydrogens is 176 g/mol. The summed E-state index contributed by atoms with van der Waals surface area (Å²) in [6, 6.07) is 2.10. The van der Waals surface area contributed by atoms with Crippen LogP contribution in [0.2, 0.25) is 0 Å². The second kappa shape index (κ2) is 4.48. The monoisotopic (exact) mass is 194 g/mol. The predicted octanol–water partition coefficient (Wildman–Crippen LogP) is 0.314. The molecule has 14 heavy (non-hydrogen) atoms. The molecule has 4 nitrogen and oxygen atoms in total. The van der Waals surface area contributed by atoms with Gasteiger partial charge >= 0.3 is 0 Å². The molecule has 1 aromatic heterocycles. The van der Waals surface area contributed by atoms with Crippen LogP contribution in [-0.2, 0) is 0 Å². The fourth-order valence-corrected chi connectivity index (χ4v) is 1.79. The number of nitrogens with one attached hydrogen (secondary N) is 2. The van der Waals surface area contributed by atoms with E-state index in [2.05, 4.69) is 33.2 Å². The third-order valence-electron chi connectivity index (χ3n) is 2.64.